The van der Waals surface area contributed by atoms with E-state index in [1.807, 2.05) is 39.9 Å². The molecule has 0 saturated carbocycles. The Morgan fingerprint density at radius 1 is 1.11 bits per heavy atom. The molecular weight excluding hydrogens is 352 g/mol. The minimum atomic E-state index is -0.173. The lowest BCUT2D eigenvalue weighted by atomic mass is 9.97. The zero-order valence-corrected chi connectivity index (χ0v) is 16.3. The topological polar surface area (TPSA) is 71.2 Å². The van der Waals surface area contributed by atoms with Crippen LogP contribution in [0.15, 0.2) is 48.5 Å². The molecule has 3 aromatic rings. The lowest BCUT2D eigenvalue weighted by Crippen LogP contribution is -2.44. The molecule has 1 N–H and O–H groups in total. The second-order valence-corrected chi connectivity index (χ2v) is 7.52. The largest absolute Gasteiger partial charge is 0.508 e. The number of phenols is 1. The van der Waals surface area contributed by atoms with Crippen LogP contribution < -0.4 is 0 Å². The molecule has 0 unspecified atom stereocenters. The van der Waals surface area contributed by atoms with Gasteiger partial charge in [0.2, 0.25) is 0 Å². The minimum Gasteiger partial charge on any atom is -0.508 e. The van der Waals surface area contributed by atoms with Crippen LogP contribution in [0, 0.1) is 12.8 Å². The van der Waals surface area contributed by atoms with Crippen LogP contribution in [0.5, 0.6) is 5.75 Å². The fourth-order valence-electron chi connectivity index (χ4n) is 3.82. The van der Waals surface area contributed by atoms with Crippen LogP contribution in [0.3, 0.4) is 0 Å². The molecule has 0 fully saturated rings. The number of fused-ring (bicyclic) bond motifs is 1. The highest BCUT2D eigenvalue weighted by Gasteiger charge is 2.36. The maximum absolute atomic E-state index is 13.3. The van der Waals surface area contributed by atoms with Crippen molar-refractivity contribution in [2.24, 2.45) is 5.92 Å². The lowest BCUT2D eigenvalue weighted by molar-refractivity contribution is 0.0535. The number of hydrogen-bond donors (Lipinski definition) is 1. The molecule has 2 heterocycles. The molecule has 0 saturated heterocycles. The van der Waals surface area contributed by atoms with Gasteiger partial charge in [-0.1, -0.05) is 50.2 Å². The average molecular weight is 376 g/mol. The molecule has 0 aliphatic carbocycles. The van der Waals surface area contributed by atoms with Gasteiger partial charge in [0, 0.05) is 23.2 Å². The van der Waals surface area contributed by atoms with Crippen molar-refractivity contribution in [2.75, 3.05) is 6.54 Å². The molecule has 1 atom stereocenters. The fraction of sp³-hybridized carbons (Fsp3) is 0.318. The summed E-state index contributed by atoms with van der Waals surface area (Å²) in [5.41, 5.74) is 2.10. The van der Waals surface area contributed by atoms with Crippen LogP contribution in [-0.4, -0.2) is 37.2 Å². The second kappa shape index (κ2) is 7.11. The third-order valence-electron chi connectivity index (χ3n) is 5.31. The van der Waals surface area contributed by atoms with E-state index in [4.69, 9.17) is 4.98 Å². The summed E-state index contributed by atoms with van der Waals surface area (Å²) in [6.07, 6.45) is 0. The number of hydrogen-bond acceptors (Lipinski definition) is 4. The van der Waals surface area contributed by atoms with Gasteiger partial charge in [-0.3, -0.25) is 4.79 Å². The average Bonchev–Trinajstić information content (AvgIpc) is 3.13. The van der Waals surface area contributed by atoms with Crippen molar-refractivity contribution in [3.8, 4) is 17.1 Å². The SMILES string of the molecule is Cc1c(O)cccc1C(=O)N1CCn2nc(-c3ccccc3)nc2[C@@H]1C(C)C. The van der Waals surface area contributed by atoms with Gasteiger partial charge in [-0.15, -0.1) is 0 Å². The van der Waals surface area contributed by atoms with Crippen LogP contribution in [0.1, 0.15) is 41.6 Å². The molecule has 1 aromatic heterocycles. The number of aromatic nitrogens is 3. The predicted octanol–water partition coefficient (Wildman–Crippen LogP) is 3.81. The van der Waals surface area contributed by atoms with Gasteiger partial charge in [0.1, 0.15) is 5.75 Å². The van der Waals surface area contributed by atoms with Gasteiger partial charge in [0.15, 0.2) is 11.6 Å². The monoisotopic (exact) mass is 376 g/mol. The van der Waals surface area contributed by atoms with E-state index in [2.05, 4.69) is 18.9 Å². The highest BCUT2D eigenvalue weighted by atomic mass is 16.3. The van der Waals surface area contributed by atoms with E-state index < -0.39 is 0 Å². The van der Waals surface area contributed by atoms with Crippen LogP contribution in [0.4, 0.5) is 0 Å². The summed E-state index contributed by atoms with van der Waals surface area (Å²) < 4.78 is 1.92. The first-order chi connectivity index (χ1) is 13.5. The van der Waals surface area contributed by atoms with Crippen molar-refractivity contribution in [1.29, 1.82) is 0 Å². The number of benzene rings is 2. The van der Waals surface area contributed by atoms with E-state index in [1.54, 1.807) is 25.1 Å². The Hall–Kier alpha value is -3.15. The second-order valence-electron chi connectivity index (χ2n) is 7.52. The smallest absolute Gasteiger partial charge is 0.254 e. The maximum Gasteiger partial charge on any atom is 0.254 e. The summed E-state index contributed by atoms with van der Waals surface area (Å²) in [5, 5.41) is 14.7. The quantitative estimate of drug-likeness (QED) is 0.754. The van der Waals surface area contributed by atoms with E-state index in [-0.39, 0.29) is 23.6 Å². The molecule has 1 aliphatic heterocycles. The van der Waals surface area contributed by atoms with Gasteiger partial charge in [0.25, 0.3) is 5.91 Å². The summed E-state index contributed by atoms with van der Waals surface area (Å²) >= 11 is 0. The van der Waals surface area contributed by atoms with Crippen molar-refractivity contribution in [3.63, 3.8) is 0 Å². The highest BCUT2D eigenvalue weighted by molar-refractivity contribution is 5.96. The highest BCUT2D eigenvalue weighted by Crippen LogP contribution is 2.34. The van der Waals surface area contributed by atoms with Gasteiger partial charge in [-0.25, -0.2) is 9.67 Å². The first-order valence-electron chi connectivity index (χ1n) is 9.57. The number of amides is 1. The normalized spacial score (nSPS) is 16.3. The Labute approximate surface area is 164 Å². The van der Waals surface area contributed by atoms with Crippen molar-refractivity contribution in [3.05, 3.63) is 65.5 Å². The van der Waals surface area contributed by atoms with Crippen LogP contribution in [0.2, 0.25) is 0 Å². The van der Waals surface area contributed by atoms with E-state index in [9.17, 15) is 9.90 Å². The number of aromatic hydroxyl groups is 1. The van der Waals surface area contributed by atoms with Crippen molar-refractivity contribution < 1.29 is 9.90 Å². The van der Waals surface area contributed by atoms with Crippen molar-refractivity contribution in [1.82, 2.24) is 19.7 Å². The van der Waals surface area contributed by atoms with E-state index in [0.717, 1.165) is 11.4 Å². The Balaban J connectivity index is 1.73. The van der Waals surface area contributed by atoms with Crippen LogP contribution in [-0.2, 0) is 6.54 Å². The van der Waals surface area contributed by atoms with Gasteiger partial charge in [-0.2, -0.15) is 5.10 Å². The summed E-state index contributed by atoms with van der Waals surface area (Å²) in [7, 11) is 0. The predicted molar refractivity (Wildman–Crippen MR) is 107 cm³/mol. The minimum absolute atomic E-state index is 0.0809. The van der Waals surface area contributed by atoms with E-state index >= 15 is 0 Å². The Morgan fingerprint density at radius 2 is 1.86 bits per heavy atom. The van der Waals surface area contributed by atoms with E-state index in [1.165, 1.54) is 0 Å². The first-order valence-corrected chi connectivity index (χ1v) is 9.57. The zero-order chi connectivity index (χ0) is 19.8. The molecule has 6 heteroatoms. The number of phenolic OH excluding ortho intramolecular Hbond substituents is 1. The van der Waals surface area contributed by atoms with Gasteiger partial charge < -0.3 is 10.0 Å². The molecule has 144 valence electrons. The summed E-state index contributed by atoms with van der Waals surface area (Å²) in [4.78, 5) is 20.0. The molecule has 6 nitrogen and oxygen atoms in total. The Kier molecular flexibility index (Phi) is 4.63. The van der Waals surface area contributed by atoms with Crippen LogP contribution >= 0.6 is 0 Å². The standard InChI is InChI=1S/C22H24N4O2/c1-14(2)19-21-23-20(16-8-5-4-6-9-16)24-26(21)13-12-25(19)22(28)17-10-7-11-18(27)15(17)3/h4-11,14,19,27H,12-13H2,1-3H3/t19-/m0/s1. The number of rotatable bonds is 3. The molecule has 1 aliphatic rings. The molecule has 0 bridgehead atoms. The summed E-state index contributed by atoms with van der Waals surface area (Å²) in [5.74, 6) is 1.73. The zero-order valence-electron chi connectivity index (χ0n) is 16.3. The number of carbonyl (C=O) groups excluding carboxylic acids is 1. The molecule has 1 amide bonds. The third kappa shape index (κ3) is 3.05. The van der Waals surface area contributed by atoms with Gasteiger partial charge in [0.05, 0.1) is 12.6 Å². The Morgan fingerprint density at radius 3 is 2.57 bits per heavy atom. The summed E-state index contributed by atoms with van der Waals surface area (Å²) in [6, 6.07) is 14.8. The molecule has 0 radical (unpaired) electrons. The van der Waals surface area contributed by atoms with Crippen LogP contribution in [0.25, 0.3) is 11.4 Å². The molecule has 28 heavy (non-hydrogen) atoms. The third-order valence-corrected chi connectivity index (χ3v) is 5.31. The van der Waals surface area contributed by atoms with E-state index in [0.29, 0.717) is 30.0 Å². The number of carbonyl (C=O) groups is 1. The summed E-state index contributed by atoms with van der Waals surface area (Å²) in [6.45, 7) is 7.11. The molecular formula is C22H24N4O2. The van der Waals surface area contributed by atoms with Crippen molar-refractivity contribution >= 4 is 5.91 Å². The Bertz CT molecular complexity index is 1010. The maximum atomic E-state index is 13.3. The first kappa shape index (κ1) is 18.2. The number of nitrogens with zero attached hydrogens (tertiary/aromatic N) is 4. The van der Waals surface area contributed by atoms with Gasteiger partial charge >= 0.3 is 0 Å². The lowest BCUT2D eigenvalue weighted by Gasteiger charge is -2.37. The molecule has 0 spiro atoms. The molecule has 4 rings (SSSR count). The fourth-order valence-corrected chi connectivity index (χ4v) is 3.82. The van der Waals surface area contributed by atoms with Crippen molar-refractivity contribution in [2.45, 2.75) is 33.4 Å². The van der Waals surface area contributed by atoms with Gasteiger partial charge in [-0.05, 0) is 25.0 Å². The molecule has 2 aromatic carbocycles.